The Balaban J connectivity index is 1.95. The lowest BCUT2D eigenvalue weighted by Crippen LogP contribution is -2.47. The van der Waals surface area contributed by atoms with Crippen LogP contribution in [0.25, 0.3) is 10.1 Å². The van der Waals surface area contributed by atoms with Gasteiger partial charge in [0.25, 0.3) is 0 Å². The normalized spacial score (nSPS) is 19.1. The largest absolute Gasteiger partial charge is 0.504 e. The minimum absolute atomic E-state index is 0.102. The number of thiophene rings is 1. The average Bonchev–Trinajstić information content (AvgIpc) is 2.67. The maximum absolute atomic E-state index is 6.07. The van der Waals surface area contributed by atoms with Gasteiger partial charge in [-0.3, -0.25) is 0 Å². The van der Waals surface area contributed by atoms with Gasteiger partial charge in [0.05, 0.1) is 0 Å². The lowest BCUT2D eigenvalue weighted by molar-refractivity contribution is 0.0346. The first-order chi connectivity index (χ1) is 8.96. The summed E-state index contributed by atoms with van der Waals surface area (Å²) in [6, 6.07) is 6.00. The van der Waals surface area contributed by atoms with Crippen molar-refractivity contribution in [2.45, 2.75) is 20.8 Å². The predicted molar refractivity (Wildman–Crippen MR) is 82.6 cm³/mol. The molecule has 1 saturated heterocycles. The molecule has 2 heterocycles. The molecule has 100 valence electrons. The lowest BCUT2D eigenvalue weighted by atomic mass is 9.80. The molecule has 5 heteroatoms. The summed E-state index contributed by atoms with van der Waals surface area (Å²) >= 11 is 7.80. The second-order valence-electron chi connectivity index (χ2n) is 5.85. The molecule has 2 nitrogen and oxygen atoms in total. The van der Waals surface area contributed by atoms with E-state index in [0.717, 1.165) is 23.0 Å². The molecule has 1 aliphatic heterocycles. The molecule has 1 aliphatic rings. The average molecular weight is 295 g/mol. The van der Waals surface area contributed by atoms with Gasteiger partial charge < -0.3 is 9.31 Å². The number of fused-ring (bicyclic) bond motifs is 1. The van der Waals surface area contributed by atoms with Crippen molar-refractivity contribution in [3.05, 3.63) is 28.8 Å². The van der Waals surface area contributed by atoms with Gasteiger partial charge in [0.15, 0.2) is 0 Å². The van der Waals surface area contributed by atoms with Gasteiger partial charge in [-0.25, -0.2) is 0 Å². The third-order valence-corrected chi connectivity index (χ3v) is 4.93. The van der Waals surface area contributed by atoms with E-state index in [1.807, 2.05) is 12.1 Å². The molecule has 0 aliphatic carbocycles. The Morgan fingerprint density at radius 1 is 1.26 bits per heavy atom. The molecule has 0 spiro atoms. The highest BCUT2D eigenvalue weighted by molar-refractivity contribution is 7.28. The second-order valence-corrected chi connectivity index (χ2v) is 7.37. The molecule has 0 bridgehead atoms. The second kappa shape index (κ2) is 4.78. The van der Waals surface area contributed by atoms with Crippen LogP contribution in [0.2, 0.25) is 5.02 Å². The van der Waals surface area contributed by atoms with Crippen LogP contribution in [0, 0.1) is 12.3 Å². The van der Waals surface area contributed by atoms with Crippen molar-refractivity contribution in [1.29, 1.82) is 0 Å². The highest BCUT2D eigenvalue weighted by atomic mass is 35.5. The number of benzene rings is 1. The Kier molecular flexibility index (Phi) is 3.38. The van der Waals surface area contributed by atoms with Crippen LogP contribution in [0.3, 0.4) is 0 Å². The van der Waals surface area contributed by atoms with E-state index in [1.54, 1.807) is 11.3 Å². The van der Waals surface area contributed by atoms with Crippen molar-refractivity contribution in [3.8, 4) is 0 Å². The van der Waals surface area contributed by atoms with Gasteiger partial charge in [0.1, 0.15) is 0 Å². The maximum atomic E-state index is 6.07. The molecule has 0 atom stereocenters. The van der Waals surface area contributed by atoms with Gasteiger partial charge in [-0.2, -0.15) is 0 Å². The standard InChI is InChI=1S/C14H16BClO2S/c1-9-11-6-10(16)4-5-12(11)19-13(9)15-17-7-14(2,3)8-18-15/h4-6H,7-8H2,1-3H3. The zero-order valence-corrected chi connectivity index (χ0v) is 12.9. The first-order valence-corrected chi connectivity index (χ1v) is 7.57. The molecule has 1 aromatic carbocycles. The van der Waals surface area contributed by atoms with Crippen LogP contribution in [0.15, 0.2) is 18.2 Å². The molecular weight excluding hydrogens is 278 g/mol. The summed E-state index contributed by atoms with van der Waals surface area (Å²) in [5.41, 5.74) is 1.32. The van der Waals surface area contributed by atoms with Gasteiger partial charge in [-0.1, -0.05) is 25.4 Å². The minimum atomic E-state index is -0.232. The lowest BCUT2D eigenvalue weighted by Gasteiger charge is -2.32. The summed E-state index contributed by atoms with van der Waals surface area (Å²) in [5.74, 6) is 0. The summed E-state index contributed by atoms with van der Waals surface area (Å²) in [4.78, 5) is 0. The summed E-state index contributed by atoms with van der Waals surface area (Å²) in [6.45, 7) is 7.87. The van der Waals surface area contributed by atoms with Crippen LogP contribution >= 0.6 is 22.9 Å². The van der Waals surface area contributed by atoms with E-state index in [0.29, 0.717) is 0 Å². The number of hydrogen-bond acceptors (Lipinski definition) is 3. The van der Waals surface area contributed by atoms with Crippen LogP contribution in [-0.4, -0.2) is 20.3 Å². The third-order valence-electron chi connectivity index (χ3n) is 3.40. The Morgan fingerprint density at radius 2 is 1.95 bits per heavy atom. The Labute approximate surface area is 122 Å². The fraction of sp³-hybridized carbons (Fsp3) is 0.429. The summed E-state index contributed by atoms with van der Waals surface area (Å²) < 4.78 is 14.1. The summed E-state index contributed by atoms with van der Waals surface area (Å²) in [7, 11) is -0.232. The van der Waals surface area contributed by atoms with Crippen molar-refractivity contribution in [2.75, 3.05) is 13.2 Å². The number of halogens is 1. The van der Waals surface area contributed by atoms with Crippen LogP contribution in [0.5, 0.6) is 0 Å². The molecule has 1 fully saturated rings. The Hall–Kier alpha value is -0.545. The molecule has 0 amide bonds. The quantitative estimate of drug-likeness (QED) is 0.748. The highest BCUT2D eigenvalue weighted by Crippen LogP contribution is 2.29. The zero-order valence-electron chi connectivity index (χ0n) is 11.3. The highest BCUT2D eigenvalue weighted by Gasteiger charge is 2.35. The molecule has 0 radical (unpaired) electrons. The Morgan fingerprint density at radius 3 is 2.63 bits per heavy atom. The van der Waals surface area contributed by atoms with E-state index in [1.165, 1.54) is 15.6 Å². The van der Waals surface area contributed by atoms with E-state index in [2.05, 4.69) is 26.8 Å². The van der Waals surface area contributed by atoms with Crippen molar-refractivity contribution in [3.63, 3.8) is 0 Å². The van der Waals surface area contributed by atoms with Crippen LogP contribution < -0.4 is 4.78 Å². The molecule has 19 heavy (non-hydrogen) atoms. The van der Waals surface area contributed by atoms with Crippen LogP contribution in [-0.2, 0) is 9.31 Å². The SMILES string of the molecule is Cc1c(B2OCC(C)(C)CO2)sc2ccc(Cl)cc12. The van der Waals surface area contributed by atoms with Gasteiger partial charge in [-0.05, 0) is 36.1 Å². The van der Waals surface area contributed by atoms with E-state index >= 15 is 0 Å². The third kappa shape index (κ3) is 2.55. The topological polar surface area (TPSA) is 18.5 Å². The van der Waals surface area contributed by atoms with E-state index in [-0.39, 0.29) is 12.5 Å². The van der Waals surface area contributed by atoms with E-state index in [4.69, 9.17) is 20.9 Å². The number of aryl methyl sites for hydroxylation is 1. The van der Waals surface area contributed by atoms with Gasteiger partial charge >= 0.3 is 7.12 Å². The van der Waals surface area contributed by atoms with Gasteiger partial charge in [0, 0.05) is 33.1 Å². The number of hydrogen-bond donors (Lipinski definition) is 0. The van der Waals surface area contributed by atoms with Gasteiger partial charge in [0.2, 0.25) is 0 Å². The van der Waals surface area contributed by atoms with E-state index < -0.39 is 0 Å². The summed E-state index contributed by atoms with van der Waals surface area (Å²) in [5, 5.41) is 1.97. The molecule has 1 aromatic heterocycles. The maximum Gasteiger partial charge on any atom is 0.504 e. The number of rotatable bonds is 1. The van der Waals surface area contributed by atoms with Crippen molar-refractivity contribution in [2.24, 2.45) is 5.41 Å². The minimum Gasteiger partial charge on any atom is -0.406 e. The smallest absolute Gasteiger partial charge is 0.406 e. The fourth-order valence-electron chi connectivity index (χ4n) is 2.28. The first kappa shape index (κ1) is 13.4. The summed E-state index contributed by atoms with van der Waals surface area (Å²) in [6.07, 6.45) is 0. The molecule has 2 aromatic rings. The van der Waals surface area contributed by atoms with Crippen molar-refractivity contribution >= 4 is 44.9 Å². The van der Waals surface area contributed by atoms with Crippen molar-refractivity contribution in [1.82, 2.24) is 0 Å². The molecular formula is C14H16BClO2S. The monoisotopic (exact) mass is 294 g/mol. The van der Waals surface area contributed by atoms with E-state index in [9.17, 15) is 0 Å². The predicted octanol–water partition coefficient (Wildman–Crippen LogP) is 3.63. The van der Waals surface area contributed by atoms with Crippen LogP contribution in [0.4, 0.5) is 0 Å². The fourth-order valence-corrected chi connectivity index (χ4v) is 3.64. The molecule has 0 N–H and O–H groups in total. The van der Waals surface area contributed by atoms with Crippen LogP contribution in [0.1, 0.15) is 19.4 Å². The Bertz CT molecular complexity index is 613. The zero-order chi connectivity index (χ0) is 13.6. The van der Waals surface area contributed by atoms with Gasteiger partial charge in [-0.15, -0.1) is 11.3 Å². The van der Waals surface area contributed by atoms with Crippen molar-refractivity contribution < 1.29 is 9.31 Å². The first-order valence-electron chi connectivity index (χ1n) is 6.38. The molecule has 0 saturated carbocycles. The molecule has 3 rings (SSSR count). The molecule has 0 unspecified atom stereocenters.